The van der Waals surface area contributed by atoms with Crippen molar-refractivity contribution < 1.29 is 24.1 Å². The predicted molar refractivity (Wildman–Crippen MR) is 112 cm³/mol. The summed E-state index contributed by atoms with van der Waals surface area (Å²) < 4.78 is 18.2. The number of thiazole rings is 1. The largest absolute Gasteiger partial charge is 0.490 e. The summed E-state index contributed by atoms with van der Waals surface area (Å²) in [5.74, 6) is -0.614. The van der Waals surface area contributed by atoms with Gasteiger partial charge in [0.05, 0.1) is 5.69 Å². The first-order chi connectivity index (χ1) is 13.7. The van der Waals surface area contributed by atoms with Crippen LogP contribution in [0.3, 0.4) is 0 Å². The van der Waals surface area contributed by atoms with Gasteiger partial charge < -0.3 is 14.9 Å². The lowest BCUT2D eigenvalue weighted by Gasteiger charge is -2.16. The number of hydrogen-bond donors (Lipinski definition) is 2. The molecule has 152 valence electrons. The minimum Gasteiger partial charge on any atom is -0.490 e. The smallest absolute Gasteiger partial charge is 0.319 e. The van der Waals surface area contributed by atoms with Crippen LogP contribution in [0.1, 0.15) is 25.6 Å². The number of aliphatic hydroxyl groups excluding tert-OH is 1. The molecule has 5 nitrogen and oxygen atoms in total. The molecule has 0 aliphatic carbocycles. The minimum absolute atomic E-state index is 0.0199. The van der Waals surface area contributed by atoms with Crippen molar-refractivity contribution in [1.29, 1.82) is 0 Å². The zero-order valence-electron chi connectivity index (χ0n) is 15.8. The molecule has 1 aromatic heterocycles. The summed E-state index contributed by atoms with van der Waals surface area (Å²) in [5.41, 5.74) is 2.27. The molecule has 1 heterocycles. The van der Waals surface area contributed by atoms with Crippen molar-refractivity contribution in [3.05, 3.63) is 65.4 Å². The Hall–Kier alpha value is -2.42. The van der Waals surface area contributed by atoms with Gasteiger partial charge in [0.15, 0.2) is 4.34 Å². The molecular weight excluding hydrogens is 413 g/mol. The summed E-state index contributed by atoms with van der Waals surface area (Å²) in [6.45, 7) is 3.23. The van der Waals surface area contributed by atoms with E-state index in [0.717, 1.165) is 22.9 Å². The number of nitrogens with zero attached hydrogens (tertiary/aromatic N) is 1. The first-order valence-electron chi connectivity index (χ1n) is 8.79. The molecule has 3 aromatic rings. The molecule has 0 saturated heterocycles. The zero-order chi connectivity index (χ0) is 21.0. The number of carboxylic acid groups (broad SMARTS) is 1. The number of aliphatic carboxylic acids is 1. The van der Waals surface area contributed by atoms with Crippen LogP contribution in [-0.2, 0) is 4.79 Å². The maximum atomic E-state index is 13.0. The van der Waals surface area contributed by atoms with E-state index >= 15 is 0 Å². The molecule has 1 atom stereocenters. The third kappa shape index (κ3) is 5.56. The molecule has 1 unspecified atom stereocenters. The van der Waals surface area contributed by atoms with Crippen LogP contribution in [0.15, 0.2) is 58.3 Å². The second-order valence-electron chi connectivity index (χ2n) is 6.81. The van der Waals surface area contributed by atoms with Crippen LogP contribution < -0.4 is 4.74 Å². The van der Waals surface area contributed by atoms with Gasteiger partial charge in [-0.25, -0.2) is 9.37 Å². The lowest BCUT2D eigenvalue weighted by atomic mass is 10.1. The fraction of sp³-hybridized carbons (Fsp3) is 0.238. The average molecular weight is 434 g/mol. The van der Waals surface area contributed by atoms with Crippen LogP contribution in [0.2, 0.25) is 0 Å². The summed E-state index contributed by atoms with van der Waals surface area (Å²) >= 11 is 2.43. The second-order valence-corrected chi connectivity index (χ2v) is 9.54. The lowest BCUT2D eigenvalue weighted by molar-refractivity contribution is -0.138. The van der Waals surface area contributed by atoms with Gasteiger partial charge in [0.25, 0.3) is 0 Å². The van der Waals surface area contributed by atoms with Crippen molar-refractivity contribution in [2.45, 2.75) is 29.0 Å². The van der Waals surface area contributed by atoms with Crippen molar-refractivity contribution >= 4 is 29.1 Å². The van der Waals surface area contributed by atoms with E-state index in [-0.39, 0.29) is 12.4 Å². The van der Waals surface area contributed by atoms with Crippen LogP contribution in [0.4, 0.5) is 4.39 Å². The Labute approximate surface area is 176 Å². The van der Waals surface area contributed by atoms with Gasteiger partial charge in [0.1, 0.15) is 29.0 Å². The van der Waals surface area contributed by atoms with E-state index in [9.17, 15) is 19.4 Å². The number of hydrogen-bond acceptors (Lipinski definition) is 6. The van der Waals surface area contributed by atoms with Gasteiger partial charge in [0.2, 0.25) is 0 Å². The number of benzene rings is 2. The van der Waals surface area contributed by atoms with Gasteiger partial charge in [-0.3, -0.25) is 4.79 Å². The van der Waals surface area contributed by atoms with Crippen LogP contribution in [0.25, 0.3) is 11.1 Å². The van der Waals surface area contributed by atoms with E-state index in [2.05, 4.69) is 4.98 Å². The molecule has 0 bridgehead atoms. The second kappa shape index (κ2) is 8.94. The molecule has 2 N–H and O–H groups in total. The maximum Gasteiger partial charge on any atom is 0.319 e. The molecule has 3 rings (SSSR count). The molecule has 0 aliphatic heterocycles. The zero-order valence-corrected chi connectivity index (χ0v) is 17.5. The highest BCUT2D eigenvalue weighted by atomic mass is 32.2. The molecule has 29 heavy (non-hydrogen) atoms. The molecule has 0 fully saturated rings. The van der Waals surface area contributed by atoms with Gasteiger partial charge in [-0.05, 0) is 49.2 Å². The van der Waals surface area contributed by atoms with Crippen molar-refractivity contribution in [3.8, 4) is 16.9 Å². The van der Waals surface area contributed by atoms with Crippen molar-refractivity contribution in [2.75, 3.05) is 6.61 Å². The Balaban J connectivity index is 1.57. The molecule has 0 radical (unpaired) electrons. The van der Waals surface area contributed by atoms with Crippen molar-refractivity contribution in [2.24, 2.45) is 0 Å². The molecule has 0 saturated carbocycles. The summed E-state index contributed by atoms with van der Waals surface area (Å²) in [6.07, 6.45) is -0.926. The van der Waals surface area contributed by atoms with Gasteiger partial charge in [-0.1, -0.05) is 36.0 Å². The highest BCUT2D eigenvalue weighted by Gasteiger charge is 2.30. The summed E-state index contributed by atoms with van der Waals surface area (Å²) in [7, 11) is 0. The Morgan fingerprint density at radius 1 is 1.17 bits per heavy atom. The normalized spacial score (nSPS) is 12.6. The van der Waals surface area contributed by atoms with Crippen LogP contribution in [-0.4, -0.2) is 32.5 Å². The van der Waals surface area contributed by atoms with Crippen LogP contribution in [0, 0.1) is 5.82 Å². The van der Waals surface area contributed by atoms with Gasteiger partial charge >= 0.3 is 5.97 Å². The number of carboxylic acids is 1. The third-order valence-corrected chi connectivity index (χ3v) is 6.28. The van der Waals surface area contributed by atoms with Gasteiger partial charge in [-0.15, -0.1) is 11.3 Å². The number of aromatic nitrogens is 1. The topological polar surface area (TPSA) is 79.7 Å². The lowest BCUT2D eigenvalue weighted by Crippen LogP contribution is -2.26. The summed E-state index contributed by atoms with van der Waals surface area (Å²) in [6, 6.07) is 13.5. The first-order valence-corrected chi connectivity index (χ1v) is 10.5. The number of halogens is 1. The fourth-order valence-corrected chi connectivity index (χ4v) is 4.60. The van der Waals surface area contributed by atoms with Crippen molar-refractivity contribution in [3.63, 3.8) is 0 Å². The SMILES string of the molecule is CC(C)(Sc1nc(C(O)COc2ccc(-c3ccc(F)cc3)cc2)cs1)C(=O)O. The number of ether oxygens (including phenoxy) is 1. The number of carbonyl (C=O) groups is 1. The Bertz CT molecular complexity index is 971. The Morgan fingerprint density at radius 3 is 2.34 bits per heavy atom. The highest BCUT2D eigenvalue weighted by molar-refractivity contribution is 8.02. The molecule has 0 spiro atoms. The van der Waals surface area contributed by atoms with Crippen LogP contribution >= 0.6 is 23.1 Å². The van der Waals surface area contributed by atoms with E-state index in [1.54, 1.807) is 43.5 Å². The van der Waals surface area contributed by atoms with Gasteiger partial charge in [-0.2, -0.15) is 0 Å². The molecule has 0 amide bonds. The monoisotopic (exact) mass is 433 g/mol. The van der Waals surface area contributed by atoms with Gasteiger partial charge in [0, 0.05) is 5.38 Å². The molecular formula is C21H20FNO4S2. The van der Waals surface area contributed by atoms with E-state index in [1.165, 1.54) is 23.5 Å². The quantitative estimate of drug-likeness (QED) is 0.486. The van der Waals surface area contributed by atoms with Crippen molar-refractivity contribution in [1.82, 2.24) is 4.98 Å². The summed E-state index contributed by atoms with van der Waals surface area (Å²) in [5, 5.41) is 21.2. The third-order valence-electron chi connectivity index (χ3n) is 4.14. The number of aliphatic hydroxyl groups is 1. The minimum atomic E-state index is -0.997. The molecule has 2 aromatic carbocycles. The Morgan fingerprint density at radius 2 is 1.76 bits per heavy atom. The first kappa shape index (κ1) is 21.3. The van der Waals surface area contributed by atoms with E-state index in [4.69, 9.17) is 4.74 Å². The highest BCUT2D eigenvalue weighted by Crippen LogP contribution is 2.35. The summed E-state index contributed by atoms with van der Waals surface area (Å²) in [4.78, 5) is 15.5. The standard InChI is InChI=1S/C21H20FNO4S2/c1-21(2,19(25)26)29-20-23-17(12-28-20)18(24)11-27-16-9-5-14(6-10-16)13-3-7-15(22)8-4-13/h3-10,12,18,24H,11H2,1-2H3,(H,25,26). The molecule has 8 heteroatoms. The van der Waals surface area contributed by atoms with Crippen LogP contribution in [0.5, 0.6) is 5.75 Å². The molecule has 0 aliphatic rings. The Kier molecular flexibility index (Phi) is 6.56. The number of rotatable bonds is 8. The van der Waals surface area contributed by atoms with E-state index < -0.39 is 16.8 Å². The van der Waals surface area contributed by atoms with E-state index in [0.29, 0.717) is 15.8 Å². The maximum absolute atomic E-state index is 13.0. The fourth-order valence-electron chi connectivity index (χ4n) is 2.38. The van der Waals surface area contributed by atoms with E-state index in [1.807, 2.05) is 12.1 Å². The predicted octanol–water partition coefficient (Wildman–Crippen LogP) is 5.02. The average Bonchev–Trinajstić information content (AvgIpc) is 3.15. The number of thioether (sulfide) groups is 1.